The van der Waals surface area contributed by atoms with Crippen LogP contribution in [0.15, 0.2) is 24.3 Å². The standard InChI is InChI=1S/C16H18O6/c1-21-15(19)9-7-13(17)11-3-5-12(6-4-11)14(18)8-10-16(20)22-2/h3-6H,7-10H2,1-2H3. The van der Waals surface area contributed by atoms with E-state index in [1.807, 2.05) is 0 Å². The highest BCUT2D eigenvalue weighted by molar-refractivity contribution is 6.00. The second-order valence-corrected chi connectivity index (χ2v) is 4.58. The summed E-state index contributed by atoms with van der Waals surface area (Å²) in [4.78, 5) is 45.7. The number of carbonyl (C=O) groups excluding carboxylic acids is 4. The summed E-state index contributed by atoms with van der Waals surface area (Å²) in [5.74, 6) is -1.27. The van der Waals surface area contributed by atoms with Crippen LogP contribution in [0.25, 0.3) is 0 Å². The van der Waals surface area contributed by atoms with Gasteiger partial charge in [0, 0.05) is 24.0 Å². The molecule has 0 unspecified atom stereocenters. The Morgan fingerprint density at radius 2 is 1.00 bits per heavy atom. The van der Waals surface area contributed by atoms with Crippen LogP contribution >= 0.6 is 0 Å². The molecular weight excluding hydrogens is 288 g/mol. The lowest BCUT2D eigenvalue weighted by Gasteiger charge is -2.03. The van der Waals surface area contributed by atoms with Gasteiger partial charge in [-0.2, -0.15) is 0 Å². The van der Waals surface area contributed by atoms with E-state index in [2.05, 4.69) is 9.47 Å². The SMILES string of the molecule is COC(=O)CCC(=O)c1ccc(C(=O)CCC(=O)OC)cc1. The lowest BCUT2D eigenvalue weighted by atomic mass is 10.0. The first kappa shape index (κ1) is 17.6. The van der Waals surface area contributed by atoms with Crippen LogP contribution in [-0.2, 0) is 19.1 Å². The van der Waals surface area contributed by atoms with Crippen LogP contribution in [0, 0.1) is 0 Å². The number of esters is 2. The predicted octanol–water partition coefficient (Wildman–Crippen LogP) is 1.96. The summed E-state index contributed by atoms with van der Waals surface area (Å²) in [6.45, 7) is 0. The fourth-order valence-electron chi connectivity index (χ4n) is 1.77. The van der Waals surface area contributed by atoms with E-state index in [4.69, 9.17) is 0 Å². The molecule has 0 aliphatic heterocycles. The highest BCUT2D eigenvalue weighted by atomic mass is 16.5. The molecule has 0 heterocycles. The Hall–Kier alpha value is -2.50. The number of carbonyl (C=O) groups is 4. The molecule has 1 aromatic carbocycles. The summed E-state index contributed by atoms with van der Waals surface area (Å²) in [7, 11) is 2.53. The van der Waals surface area contributed by atoms with Crippen molar-refractivity contribution >= 4 is 23.5 Å². The Labute approximate surface area is 128 Å². The molecule has 0 radical (unpaired) electrons. The van der Waals surface area contributed by atoms with Crippen LogP contribution in [0.2, 0.25) is 0 Å². The van der Waals surface area contributed by atoms with E-state index in [1.54, 1.807) is 0 Å². The van der Waals surface area contributed by atoms with Gasteiger partial charge in [0.25, 0.3) is 0 Å². The smallest absolute Gasteiger partial charge is 0.305 e. The maximum atomic E-state index is 11.8. The molecule has 0 aliphatic rings. The summed E-state index contributed by atoms with van der Waals surface area (Å²) < 4.78 is 8.94. The molecule has 0 saturated heterocycles. The molecule has 22 heavy (non-hydrogen) atoms. The molecule has 0 N–H and O–H groups in total. The first-order valence-corrected chi connectivity index (χ1v) is 6.78. The van der Waals surface area contributed by atoms with Crippen molar-refractivity contribution in [3.8, 4) is 0 Å². The molecule has 0 amide bonds. The van der Waals surface area contributed by atoms with Crippen molar-refractivity contribution in [3.63, 3.8) is 0 Å². The zero-order valence-corrected chi connectivity index (χ0v) is 12.6. The summed E-state index contributed by atoms with van der Waals surface area (Å²) >= 11 is 0. The molecule has 0 saturated carbocycles. The van der Waals surface area contributed by atoms with Crippen LogP contribution < -0.4 is 0 Å². The third kappa shape index (κ3) is 5.47. The number of ketones is 2. The van der Waals surface area contributed by atoms with Crippen molar-refractivity contribution in [3.05, 3.63) is 35.4 Å². The van der Waals surface area contributed by atoms with Gasteiger partial charge in [-0.1, -0.05) is 24.3 Å². The monoisotopic (exact) mass is 306 g/mol. The third-order valence-electron chi connectivity index (χ3n) is 3.10. The highest BCUT2D eigenvalue weighted by Crippen LogP contribution is 2.11. The molecule has 6 nitrogen and oxygen atoms in total. The third-order valence-corrected chi connectivity index (χ3v) is 3.10. The molecule has 0 aliphatic carbocycles. The van der Waals surface area contributed by atoms with E-state index in [1.165, 1.54) is 38.5 Å². The van der Waals surface area contributed by atoms with Crippen LogP contribution in [-0.4, -0.2) is 37.7 Å². The zero-order valence-electron chi connectivity index (χ0n) is 12.6. The van der Waals surface area contributed by atoms with Crippen LogP contribution in [0.3, 0.4) is 0 Å². The summed E-state index contributed by atoms with van der Waals surface area (Å²) in [6.07, 6.45) is 0.162. The van der Waals surface area contributed by atoms with Crippen LogP contribution in [0.4, 0.5) is 0 Å². The van der Waals surface area contributed by atoms with Gasteiger partial charge in [0.2, 0.25) is 0 Å². The molecule has 6 heteroatoms. The van der Waals surface area contributed by atoms with Gasteiger partial charge < -0.3 is 9.47 Å². The molecule has 0 aromatic heterocycles. The van der Waals surface area contributed by atoms with Gasteiger partial charge in [0.05, 0.1) is 27.1 Å². The number of Topliss-reactive ketones (excluding diaryl/α,β-unsaturated/α-hetero) is 2. The quantitative estimate of drug-likeness (QED) is 0.539. The van der Waals surface area contributed by atoms with E-state index < -0.39 is 11.9 Å². The number of rotatable bonds is 8. The van der Waals surface area contributed by atoms with E-state index in [9.17, 15) is 19.2 Å². The van der Waals surface area contributed by atoms with Gasteiger partial charge in [-0.05, 0) is 0 Å². The lowest BCUT2D eigenvalue weighted by molar-refractivity contribution is -0.141. The summed E-state index contributed by atoms with van der Waals surface area (Å²) in [5.41, 5.74) is 0.849. The van der Waals surface area contributed by atoms with Gasteiger partial charge in [-0.15, -0.1) is 0 Å². The van der Waals surface area contributed by atoms with Crippen molar-refractivity contribution in [1.82, 2.24) is 0 Å². The van der Waals surface area contributed by atoms with Gasteiger partial charge >= 0.3 is 11.9 Å². The van der Waals surface area contributed by atoms with Gasteiger partial charge in [-0.25, -0.2) is 0 Å². The highest BCUT2D eigenvalue weighted by Gasteiger charge is 2.12. The topological polar surface area (TPSA) is 86.7 Å². The average Bonchev–Trinajstić information content (AvgIpc) is 2.56. The minimum Gasteiger partial charge on any atom is -0.469 e. The molecule has 0 fully saturated rings. The number of benzene rings is 1. The zero-order chi connectivity index (χ0) is 16.5. The Bertz CT molecular complexity index is 508. The van der Waals surface area contributed by atoms with Gasteiger partial charge in [-0.3, -0.25) is 19.2 Å². The van der Waals surface area contributed by atoms with E-state index in [0.717, 1.165) is 0 Å². The molecule has 0 atom stereocenters. The molecular formula is C16H18O6. The Morgan fingerprint density at radius 1 is 0.682 bits per heavy atom. The Kier molecular flexibility index (Phi) is 6.95. The maximum Gasteiger partial charge on any atom is 0.305 e. The van der Waals surface area contributed by atoms with E-state index >= 15 is 0 Å². The normalized spacial score (nSPS) is 9.91. The second kappa shape index (κ2) is 8.71. The fourth-order valence-corrected chi connectivity index (χ4v) is 1.77. The average molecular weight is 306 g/mol. The molecule has 0 bridgehead atoms. The van der Waals surface area contributed by atoms with Gasteiger partial charge in [0.1, 0.15) is 0 Å². The van der Waals surface area contributed by atoms with Crippen molar-refractivity contribution in [2.24, 2.45) is 0 Å². The molecule has 1 aromatic rings. The van der Waals surface area contributed by atoms with E-state index in [-0.39, 0.29) is 37.2 Å². The van der Waals surface area contributed by atoms with Crippen molar-refractivity contribution in [1.29, 1.82) is 0 Å². The fraction of sp³-hybridized carbons (Fsp3) is 0.375. The Balaban J connectivity index is 2.58. The van der Waals surface area contributed by atoms with Crippen molar-refractivity contribution < 1.29 is 28.7 Å². The van der Waals surface area contributed by atoms with Crippen LogP contribution in [0.1, 0.15) is 46.4 Å². The van der Waals surface area contributed by atoms with E-state index in [0.29, 0.717) is 11.1 Å². The summed E-state index contributed by atoms with van der Waals surface area (Å²) in [6, 6.07) is 6.13. The summed E-state index contributed by atoms with van der Waals surface area (Å²) in [5, 5.41) is 0. The number of hydrogen-bond acceptors (Lipinski definition) is 6. The largest absolute Gasteiger partial charge is 0.469 e. The number of methoxy groups -OCH3 is 2. The lowest BCUT2D eigenvalue weighted by Crippen LogP contribution is -2.08. The first-order chi connectivity index (χ1) is 10.5. The van der Waals surface area contributed by atoms with Crippen molar-refractivity contribution in [2.75, 3.05) is 14.2 Å². The molecule has 118 valence electrons. The maximum absolute atomic E-state index is 11.8. The minimum absolute atomic E-state index is 0.0230. The van der Waals surface area contributed by atoms with Crippen molar-refractivity contribution in [2.45, 2.75) is 25.7 Å². The predicted molar refractivity (Wildman–Crippen MR) is 77.6 cm³/mol. The number of hydrogen-bond donors (Lipinski definition) is 0. The molecule has 1 rings (SSSR count). The molecule has 0 spiro atoms. The Morgan fingerprint density at radius 3 is 1.27 bits per heavy atom. The van der Waals surface area contributed by atoms with Gasteiger partial charge in [0.15, 0.2) is 11.6 Å². The van der Waals surface area contributed by atoms with Crippen LogP contribution in [0.5, 0.6) is 0 Å². The number of ether oxygens (including phenoxy) is 2. The second-order valence-electron chi connectivity index (χ2n) is 4.58. The minimum atomic E-state index is -0.442. The first-order valence-electron chi connectivity index (χ1n) is 6.78.